The molecule has 0 amide bonds. The topological polar surface area (TPSA) is 52.6 Å². The standard InChI is InChI=1S/C52H34Br2O4/c53-41-19-11-13-35(33-41)49(55)57-43-29-25-39(26-30-43)52(40-27-31-44(32-28-40)58-50(56)36-14-12-20-42(54)34-36)47-23-9-7-21-45(47)51(37-15-3-1-4-16-37,38-17-5-2-6-18-38)46-22-8-10-24-48(46)52/h1-34H. The highest BCUT2D eigenvalue weighted by molar-refractivity contribution is 9.10. The molecule has 4 nitrogen and oxygen atoms in total. The van der Waals surface area contributed by atoms with Crippen LogP contribution in [0.5, 0.6) is 11.5 Å². The van der Waals surface area contributed by atoms with E-state index in [4.69, 9.17) is 9.47 Å². The van der Waals surface area contributed by atoms with Crippen LogP contribution in [0.4, 0.5) is 0 Å². The van der Waals surface area contributed by atoms with Crippen LogP contribution in [0.15, 0.2) is 215 Å². The summed E-state index contributed by atoms with van der Waals surface area (Å²) in [6.45, 7) is 0. The van der Waals surface area contributed by atoms with Crippen LogP contribution in [0.2, 0.25) is 0 Å². The van der Waals surface area contributed by atoms with Crippen molar-refractivity contribution in [2.45, 2.75) is 10.8 Å². The highest BCUT2D eigenvalue weighted by Gasteiger charge is 2.53. The molecule has 280 valence electrons. The summed E-state index contributed by atoms with van der Waals surface area (Å²) in [7, 11) is 0. The zero-order valence-corrected chi connectivity index (χ0v) is 34.2. The number of halogens is 2. The van der Waals surface area contributed by atoms with E-state index < -0.39 is 22.8 Å². The number of esters is 2. The number of hydrogen-bond acceptors (Lipinski definition) is 4. The molecule has 0 saturated carbocycles. The van der Waals surface area contributed by atoms with E-state index in [1.165, 1.54) is 0 Å². The van der Waals surface area contributed by atoms with Crippen LogP contribution in [0.3, 0.4) is 0 Å². The van der Waals surface area contributed by atoms with Crippen LogP contribution in [-0.4, -0.2) is 11.9 Å². The maximum atomic E-state index is 13.2. The minimum Gasteiger partial charge on any atom is -0.423 e. The normalized spacial score (nSPS) is 13.4. The fourth-order valence-corrected chi connectivity index (χ4v) is 9.43. The Morgan fingerprint density at radius 1 is 0.345 bits per heavy atom. The Bertz CT molecular complexity index is 2590. The number of fused-ring (bicyclic) bond motifs is 2. The second-order valence-electron chi connectivity index (χ2n) is 14.2. The summed E-state index contributed by atoms with van der Waals surface area (Å²) in [5, 5.41) is 0. The summed E-state index contributed by atoms with van der Waals surface area (Å²) >= 11 is 6.91. The highest BCUT2D eigenvalue weighted by Crippen LogP contribution is 2.60. The summed E-state index contributed by atoms with van der Waals surface area (Å²) in [6.07, 6.45) is 0. The van der Waals surface area contributed by atoms with Crippen molar-refractivity contribution < 1.29 is 19.1 Å². The first-order chi connectivity index (χ1) is 28.4. The number of rotatable bonds is 8. The molecule has 9 rings (SSSR count). The van der Waals surface area contributed by atoms with E-state index in [-0.39, 0.29) is 0 Å². The number of carbonyl (C=O) groups is 2. The molecule has 0 N–H and O–H groups in total. The second-order valence-corrected chi connectivity index (χ2v) is 16.0. The minimum atomic E-state index is -0.861. The molecule has 0 heterocycles. The van der Waals surface area contributed by atoms with Gasteiger partial charge in [0.05, 0.1) is 22.0 Å². The molecule has 1 aliphatic rings. The molecular weight excluding hydrogens is 848 g/mol. The lowest BCUT2D eigenvalue weighted by Crippen LogP contribution is -2.45. The third-order valence-corrected chi connectivity index (χ3v) is 12.0. The van der Waals surface area contributed by atoms with Crippen LogP contribution in [0.1, 0.15) is 65.2 Å². The van der Waals surface area contributed by atoms with Crippen molar-refractivity contribution in [3.8, 4) is 11.5 Å². The fraction of sp³-hybridized carbons (Fsp3) is 0.0385. The van der Waals surface area contributed by atoms with Gasteiger partial charge in [-0.25, -0.2) is 9.59 Å². The van der Waals surface area contributed by atoms with Crippen molar-refractivity contribution in [2.24, 2.45) is 0 Å². The molecule has 0 aromatic heterocycles. The van der Waals surface area contributed by atoms with Crippen molar-refractivity contribution in [3.05, 3.63) is 271 Å². The van der Waals surface area contributed by atoms with Crippen LogP contribution < -0.4 is 9.47 Å². The Morgan fingerprint density at radius 3 is 0.983 bits per heavy atom. The Hall–Kier alpha value is -6.34. The summed E-state index contributed by atoms with van der Waals surface area (Å²) in [5.74, 6) is -0.0285. The maximum Gasteiger partial charge on any atom is 0.343 e. The lowest BCUT2D eigenvalue weighted by Gasteiger charge is -2.51. The van der Waals surface area contributed by atoms with E-state index in [0.717, 1.165) is 53.5 Å². The molecule has 0 saturated heterocycles. The zero-order chi connectivity index (χ0) is 39.7. The Kier molecular flexibility index (Phi) is 9.98. The van der Waals surface area contributed by atoms with Crippen molar-refractivity contribution in [1.29, 1.82) is 0 Å². The SMILES string of the molecule is O=C(Oc1ccc(C2(c3ccc(OC(=O)c4cccc(Br)c4)cc3)c3ccccc3C(c3ccccc3)(c3ccccc3)c3ccccc32)cc1)c1cccc(Br)c1. The van der Waals surface area contributed by atoms with Gasteiger partial charge in [-0.1, -0.05) is 177 Å². The third-order valence-electron chi connectivity index (χ3n) is 11.0. The van der Waals surface area contributed by atoms with Gasteiger partial charge in [-0.3, -0.25) is 0 Å². The lowest BCUT2D eigenvalue weighted by molar-refractivity contribution is 0.0725. The molecule has 0 radical (unpaired) electrons. The molecule has 0 bridgehead atoms. The van der Waals surface area contributed by atoms with E-state index in [9.17, 15) is 9.59 Å². The van der Waals surface area contributed by atoms with Gasteiger partial charge < -0.3 is 9.47 Å². The summed E-state index contributed by atoms with van der Waals surface area (Å²) in [4.78, 5) is 26.5. The molecule has 0 spiro atoms. The number of benzene rings is 8. The van der Waals surface area contributed by atoms with Crippen molar-refractivity contribution in [1.82, 2.24) is 0 Å². The first-order valence-corrected chi connectivity index (χ1v) is 20.5. The molecule has 8 aromatic carbocycles. The average molecular weight is 883 g/mol. The zero-order valence-electron chi connectivity index (χ0n) is 31.0. The molecule has 6 heteroatoms. The van der Waals surface area contributed by atoms with E-state index in [1.54, 1.807) is 24.3 Å². The number of carbonyl (C=O) groups excluding carboxylic acids is 2. The molecule has 8 aromatic rings. The van der Waals surface area contributed by atoms with Gasteiger partial charge in [0.15, 0.2) is 0 Å². The van der Waals surface area contributed by atoms with E-state index in [0.29, 0.717) is 22.6 Å². The molecule has 1 aliphatic carbocycles. The molecule has 0 fully saturated rings. The molecular formula is C52H34Br2O4. The Labute approximate surface area is 354 Å². The van der Waals surface area contributed by atoms with Gasteiger partial charge in [-0.15, -0.1) is 0 Å². The van der Waals surface area contributed by atoms with E-state index >= 15 is 0 Å². The van der Waals surface area contributed by atoms with Gasteiger partial charge in [0.2, 0.25) is 0 Å². The Morgan fingerprint density at radius 2 is 0.655 bits per heavy atom. The third kappa shape index (κ3) is 6.39. The average Bonchev–Trinajstić information content (AvgIpc) is 3.27. The van der Waals surface area contributed by atoms with Gasteiger partial charge in [0, 0.05) is 8.95 Å². The maximum absolute atomic E-state index is 13.2. The predicted octanol–water partition coefficient (Wildman–Crippen LogP) is 12.7. The fourth-order valence-electron chi connectivity index (χ4n) is 8.63. The van der Waals surface area contributed by atoms with Gasteiger partial charge in [0.1, 0.15) is 11.5 Å². The van der Waals surface area contributed by atoms with Crippen molar-refractivity contribution in [3.63, 3.8) is 0 Å². The van der Waals surface area contributed by atoms with E-state index in [1.807, 2.05) is 48.5 Å². The predicted molar refractivity (Wildman–Crippen MR) is 235 cm³/mol. The monoisotopic (exact) mass is 880 g/mol. The second kappa shape index (κ2) is 15.5. The highest BCUT2D eigenvalue weighted by atomic mass is 79.9. The van der Waals surface area contributed by atoms with Crippen molar-refractivity contribution in [2.75, 3.05) is 0 Å². The van der Waals surface area contributed by atoms with Gasteiger partial charge in [0.25, 0.3) is 0 Å². The number of ether oxygens (including phenoxy) is 2. The largest absolute Gasteiger partial charge is 0.423 e. The first-order valence-electron chi connectivity index (χ1n) is 18.9. The number of hydrogen-bond donors (Lipinski definition) is 0. The molecule has 0 atom stereocenters. The molecule has 58 heavy (non-hydrogen) atoms. The minimum absolute atomic E-state index is 0.430. The van der Waals surface area contributed by atoms with Crippen molar-refractivity contribution >= 4 is 43.8 Å². The van der Waals surface area contributed by atoms with Crippen LogP contribution in [0.25, 0.3) is 0 Å². The summed E-state index contributed by atoms with van der Waals surface area (Å²) < 4.78 is 13.4. The quantitative estimate of drug-likeness (QED) is 0.113. The van der Waals surface area contributed by atoms with Crippen LogP contribution in [0, 0.1) is 0 Å². The van der Waals surface area contributed by atoms with Crippen LogP contribution in [-0.2, 0) is 10.8 Å². The van der Waals surface area contributed by atoms with Crippen LogP contribution >= 0.6 is 31.9 Å². The van der Waals surface area contributed by atoms with Gasteiger partial charge in [-0.2, -0.15) is 0 Å². The van der Waals surface area contributed by atoms with Gasteiger partial charge >= 0.3 is 11.9 Å². The summed E-state index contributed by atoms with van der Waals surface area (Å²) in [5.41, 5.74) is 8.09. The van der Waals surface area contributed by atoms with E-state index in [2.05, 4.69) is 165 Å². The summed E-state index contributed by atoms with van der Waals surface area (Å²) in [6, 6.07) is 68.8. The molecule has 0 unspecified atom stereocenters. The Balaban J connectivity index is 1.26. The smallest absolute Gasteiger partial charge is 0.343 e. The first kappa shape index (κ1) is 37.2. The van der Waals surface area contributed by atoms with Gasteiger partial charge in [-0.05, 0) is 105 Å². The lowest BCUT2D eigenvalue weighted by atomic mass is 9.50. The molecule has 0 aliphatic heterocycles.